The van der Waals surface area contributed by atoms with Gasteiger partial charge in [0.1, 0.15) is 11.5 Å². The van der Waals surface area contributed by atoms with Crippen LogP contribution in [0.3, 0.4) is 0 Å². The van der Waals surface area contributed by atoms with Crippen molar-refractivity contribution in [2.45, 2.75) is 6.42 Å². The molecule has 0 atom stereocenters. The lowest BCUT2D eigenvalue weighted by Crippen LogP contribution is -2.37. The van der Waals surface area contributed by atoms with Gasteiger partial charge in [-0.3, -0.25) is 4.90 Å². The lowest BCUT2D eigenvalue weighted by molar-refractivity contribution is 0.0358. The van der Waals surface area contributed by atoms with Gasteiger partial charge in [0.25, 0.3) is 0 Å². The summed E-state index contributed by atoms with van der Waals surface area (Å²) >= 11 is 0. The minimum absolute atomic E-state index is 0.690. The molecular weight excluding hydrogens is 438 g/mol. The zero-order valence-corrected chi connectivity index (χ0v) is 20.1. The van der Waals surface area contributed by atoms with Crippen LogP contribution in [0, 0.1) is 0 Å². The van der Waals surface area contributed by atoms with E-state index in [0.717, 1.165) is 79.0 Å². The summed E-state index contributed by atoms with van der Waals surface area (Å²) in [6, 6.07) is 28.6. The molecule has 180 valence electrons. The van der Waals surface area contributed by atoms with Crippen LogP contribution in [0.25, 0.3) is 28.2 Å². The lowest BCUT2D eigenvalue weighted by Gasteiger charge is -2.26. The number of nitrogens with zero attached hydrogens (tertiary/aromatic N) is 3. The normalized spacial score (nSPS) is 14.1. The molecular formula is C29H31N3O3. The van der Waals surface area contributed by atoms with Gasteiger partial charge in [-0.05, 0) is 61.0 Å². The van der Waals surface area contributed by atoms with Crippen molar-refractivity contribution in [2.75, 3.05) is 46.6 Å². The number of ether oxygens (including phenoxy) is 3. The quantitative estimate of drug-likeness (QED) is 0.311. The number of rotatable bonds is 9. The molecule has 4 aromatic rings. The van der Waals surface area contributed by atoms with Crippen LogP contribution < -0.4 is 9.47 Å². The van der Waals surface area contributed by atoms with Crippen LogP contribution in [-0.4, -0.2) is 61.2 Å². The molecule has 0 bridgehead atoms. The van der Waals surface area contributed by atoms with E-state index in [1.54, 1.807) is 7.11 Å². The summed E-state index contributed by atoms with van der Waals surface area (Å²) in [6.07, 6.45) is 0.994. The van der Waals surface area contributed by atoms with Crippen molar-refractivity contribution in [1.29, 1.82) is 0 Å². The first-order chi connectivity index (χ1) is 17.3. The Bertz CT molecular complexity index is 1220. The third kappa shape index (κ3) is 5.73. The Kier molecular flexibility index (Phi) is 7.41. The first kappa shape index (κ1) is 23.1. The second-order valence-electron chi connectivity index (χ2n) is 8.57. The first-order valence-electron chi connectivity index (χ1n) is 12.1. The van der Waals surface area contributed by atoms with E-state index in [1.165, 1.54) is 0 Å². The highest BCUT2D eigenvalue weighted by Crippen LogP contribution is 2.31. The van der Waals surface area contributed by atoms with Crippen LogP contribution in [0.2, 0.25) is 0 Å². The van der Waals surface area contributed by atoms with Gasteiger partial charge in [0.2, 0.25) is 0 Å². The maximum atomic E-state index is 6.12. The van der Waals surface area contributed by atoms with Crippen molar-refractivity contribution in [3.05, 3.63) is 84.9 Å². The van der Waals surface area contributed by atoms with Gasteiger partial charge >= 0.3 is 0 Å². The summed E-state index contributed by atoms with van der Waals surface area (Å²) in [4.78, 5) is 2.43. The molecule has 6 nitrogen and oxygen atoms in total. The predicted octanol–water partition coefficient (Wildman–Crippen LogP) is 5.32. The zero-order chi connectivity index (χ0) is 23.9. The van der Waals surface area contributed by atoms with E-state index in [0.29, 0.717) is 6.61 Å². The van der Waals surface area contributed by atoms with E-state index in [9.17, 15) is 0 Å². The highest BCUT2D eigenvalue weighted by molar-refractivity contribution is 5.71. The molecule has 0 saturated carbocycles. The fourth-order valence-electron chi connectivity index (χ4n) is 4.30. The third-order valence-electron chi connectivity index (χ3n) is 6.22. The van der Waals surface area contributed by atoms with Gasteiger partial charge in [-0.25, -0.2) is 4.68 Å². The van der Waals surface area contributed by atoms with Gasteiger partial charge in [0.15, 0.2) is 0 Å². The number of para-hydroxylation sites is 1. The lowest BCUT2D eigenvalue weighted by atomic mass is 10.1. The van der Waals surface area contributed by atoms with Crippen molar-refractivity contribution in [1.82, 2.24) is 14.7 Å². The Balaban J connectivity index is 1.37. The maximum absolute atomic E-state index is 6.12. The number of hydrogen-bond acceptors (Lipinski definition) is 5. The minimum Gasteiger partial charge on any atom is -0.497 e. The van der Waals surface area contributed by atoms with Crippen molar-refractivity contribution in [3.63, 3.8) is 0 Å². The van der Waals surface area contributed by atoms with Crippen molar-refractivity contribution < 1.29 is 14.2 Å². The van der Waals surface area contributed by atoms with Gasteiger partial charge in [-0.2, -0.15) is 5.10 Å². The van der Waals surface area contributed by atoms with Gasteiger partial charge in [0.05, 0.1) is 44.0 Å². The van der Waals surface area contributed by atoms with Crippen LogP contribution in [0.4, 0.5) is 0 Å². The highest BCUT2D eigenvalue weighted by Gasteiger charge is 2.14. The molecule has 3 aromatic carbocycles. The van der Waals surface area contributed by atoms with Crippen LogP contribution >= 0.6 is 0 Å². The molecule has 0 unspecified atom stereocenters. The Morgan fingerprint density at radius 2 is 1.63 bits per heavy atom. The Morgan fingerprint density at radius 3 is 2.40 bits per heavy atom. The molecule has 0 radical (unpaired) electrons. The van der Waals surface area contributed by atoms with Gasteiger partial charge in [-0.1, -0.05) is 30.3 Å². The molecule has 1 saturated heterocycles. The van der Waals surface area contributed by atoms with E-state index in [-0.39, 0.29) is 0 Å². The summed E-state index contributed by atoms with van der Waals surface area (Å²) in [5.41, 5.74) is 5.03. The van der Waals surface area contributed by atoms with E-state index in [4.69, 9.17) is 19.3 Å². The molecule has 0 N–H and O–H groups in total. The number of hydrogen-bond donors (Lipinski definition) is 0. The standard InChI is InChI=1S/C29H31N3O3/c1-33-26-13-11-23(12-14-26)28-22-29(32(30-28)25-8-3-2-4-9-25)24-7-5-10-27(21-24)35-18-6-15-31-16-19-34-20-17-31/h2-5,7-14,21-22H,6,15-20H2,1H3. The summed E-state index contributed by atoms with van der Waals surface area (Å²) in [5, 5.41) is 4.96. The van der Waals surface area contributed by atoms with Gasteiger partial charge in [-0.15, -0.1) is 0 Å². The monoisotopic (exact) mass is 469 g/mol. The SMILES string of the molecule is COc1ccc(-c2cc(-c3cccc(OCCCN4CCOCC4)c3)n(-c3ccccc3)n2)cc1. The molecule has 0 aliphatic carbocycles. The fraction of sp³-hybridized carbons (Fsp3) is 0.276. The van der Waals surface area contributed by atoms with E-state index < -0.39 is 0 Å². The van der Waals surface area contributed by atoms with Crippen molar-refractivity contribution in [2.24, 2.45) is 0 Å². The van der Waals surface area contributed by atoms with Crippen molar-refractivity contribution in [3.8, 4) is 39.7 Å². The molecule has 5 rings (SSSR count). The summed E-state index contributed by atoms with van der Waals surface area (Å²) < 4.78 is 18.9. The minimum atomic E-state index is 0.690. The molecule has 0 spiro atoms. The summed E-state index contributed by atoms with van der Waals surface area (Å²) in [6.45, 7) is 5.41. The zero-order valence-electron chi connectivity index (χ0n) is 20.1. The highest BCUT2D eigenvalue weighted by atomic mass is 16.5. The van der Waals surface area contributed by atoms with Crippen LogP contribution in [0.5, 0.6) is 11.5 Å². The molecule has 2 heterocycles. The Hall–Kier alpha value is -3.61. The van der Waals surface area contributed by atoms with E-state index >= 15 is 0 Å². The maximum Gasteiger partial charge on any atom is 0.119 e. The molecule has 1 fully saturated rings. The van der Waals surface area contributed by atoms with Crippen LogP contribution in [-0.2, 0) is 4.74 Å². The third-order valence-corrected chi connectivity index (χ3v) is 6.22. The van der Waals surface area contributed by atoms with Crippen LogP contribution in [0.15, 0.2) is 84.9 Å². The number of benzene rings is 3. The topological polar surface area (TPSA) is 48.8 Å². The first-order valence-corrected chi connectivity index (χ1v) is 12.1. The molecule has 1 aromatic heterocycles. The molecule has 6 heteroatoms. The molecule has 1 aliphatic rings. The Labute approximate surface area is 206 Å². The van der Waals surface area contributed by atoms with Crippen molar-refractivity contribution >= 4 is 0 Å². The number of aromatic nitrogens is 2. The van der Waals surface area contributed by atoms with Gasteiger partial charge in [0, 0.05) is 30.8 Å². The average Bonchev–Trinajstić information content (AvgIpc) is 3.38. The number of methoxy groups -OCH3 is 1. The largest absolute Gasteiger partial charge is 0.497 e. The smallest absolute Gasteiger partial charge is 0.119 e. The van der Waals surface area contributed by atoms with E-state index in [1.807, 2.05) is 59.3 Å². The summed E-state index contributed by atoms with van der Waals surface area (Å²) in [5.74, 6) is 1.70. The molecule has 35 heavy (non-hydrogen) atoms. The number of morpholine rings is 1. The second-order valence-corrected chi connectivity index (χ2v) is 8.57. The predicted molar refractivity (Wildman–Crippen MR) is 138 cm³/mol. The fourth-order valence-corrected chi connectivity index (χ4v) is 4.30. The van der Waals surface area contributed by atoms with Crippen LogP contribution in [0.1, 0.15) is 6.42 Å². The molecule has 1 aliphatic heterocycles. The Morgan fingerprint density at radius 1 is 0.829 bits per heavy atom. The van der Waals surface area contributed by atoms with Gasteiger partial charge < -0.3 is 14.2 Å². The van der Waals surface area contributed by atoms with E-state index in [2.05, 4.69) is 35.2 Å². The second kappa shape index (κ2) is 11.2. The average molecular weight is 470 g/mol. The molecule has 0 amide bonds. The summed E-state index contributed by atoms with van der Waals surface area (Å²) in [7, 11) is 1.68.